The van der Waals surface area contributed by atoms with E-state index in [1.807, 2.05) is 0 Å². The fourth-order valence-electron chi connectivity index (χ4n) is 2.97. The number of methoxy groups -OCH3 is 1. The van der Waals surface area contributed by atoms with E-state index in [0.29, 0.717) is 22.0 Å². The smallest absolute Gasteiger partial charge is 0.262 e. The molecule has 0 atom stereocenters. The summed E-state index contributed by atoms with van der Waals surface area (Å²) >= 11 is 6.06. The highest BCUT2D eigenvalue weighted by Gasteiger charge is 2.17. The van der Waals surface area contributed by atoms with Crippen LogP contribution in [0.3, 0.4) is 0 Å². The van der Waals surface area contributed by atoms with Crippen LogP contribution in [0.25, 0.3) is 0 Å². The minimum absolute atomic E-state index is 0.0608. The molecule has 0 aliphatic carbocycles. The van der Waals surface area contributed by atoms with Gasteiger partial charge in [0, 0.05) is 29.8 Å². The van der Waals surface area contributed by atoms with Crippen molar-refractivity contribution in [3.63, 3.8) is 0 Å². The van der Waals surface area contributed by atoms with E-state index in [4.69, 9.17) is 21.1 Å². The number of amides is 1. The zero-order valence-electron chi connectivity index (χ0n) is 18.3. The number of benzene rings is 3. The van der Waals surface area contributed by atoms with E-state index < -0.39 is 15.9 Å². The maximum absolute atomic E-state index is 12.9. The third-order valence-corrected chi connectivity index (χ3v) is 6.35. The summed E-state index contributed by atoms with van der Waals surface area (Å²) < 4.78 is 37.1. The SMILES string of the molecule is COCCNS(=O)(=O)c1ccc(OCC(=O)Nc2ccc(Cl)cc2C(=O)c2ccccc2)cc1. The summed E-state index contributed by atoms with van der Waals surface area (Å²) in [6, 6.07) is 18.9. The van der Waals surface area contributed by atoms with E-state index in [1.165, 1.54) is 37.4 Å². The summed E-state index contributed by atoms with van der Waals surface area (Å²) in [4.78, 5) is 25.4. The Bertz CT molecular complexity index is 1250. The minimum atomic E-state index is -3.67. The Kier molecular flexibility index (Phi) is 8.78. The summed E-state index contributed by atoms with van der Waals surface area (Å²) in [5, 5.41) is 3.02. The van der Waals surface area contributed by atoms with Crippen LogP contribution in [0.4, 0.5) is 5.69 Å². The van der Waals surface area contributed by atoms with Crippen molar-refractivity contribution in [2.75, 3.05) is 32.2 Å². The van der Waals surface area contributed by atoms with Gasteiger partial charge in [0.2, 0.25) is 10.0 Å². The monoisotopic (exact) mass is 502 g/mol. The molecular weight excluding hydrogens is 480 g/mol. The number of nitrogens with one attached hydrogen (secondary N) is 2. The predicted octanol–water partition coefficient (Wildman–Crippen LogP) is 3.51. The number of ketones is 1. The average molecular weight is 503 g/mol. The maximum Gasteiger partial charge on any atom is 0.262 e. The Morgan fingerprint density at radius 3 is 2.35 bits per heavy atom. The molecule has 1 amide bonds. The Labute approximate surface area is 202 Å². The van der Waals surface area contributed by atoms with Gasteiger partial charge in [-0.25, -0.2) is 13.1 Å². The van der Waals surface area contributed by atoms with Crippen molar-refractivity contribution in [1.29, 1.82) is 0 Å². The van der Waals surface area contributed by atoms with E-state index in [2.05, 4.69) is 10.0 Å². The lowest BCUT2D eigenvalue weighted by Crippen LogP contribution is -2.27. The van der Waals surface area contributed by atoms with Gasteiger partial charge < -0.3 is 14.8 Å². The van der Waals surface area contributed by atoms with Gasteiger partial charge in [-0.3, -0.25) is 9.59 Å². The summed E-state index contributed by atoms with van der Waals surface area (Å²) in [6.07, 6.45) is 0. The topological polar surface area (TPSA) is 111 Å². The molecule has 3 aromatic rings. The Hall–Kier alpha value is -3.24. The van der Waals surface area contributed by atoms with Gasteiger partial charge in [0.25, 0.3) is 5.91 Å². The maximum atomic E-state index is 12.9. The Morgan fingerprint density at radius 2 is 1.68 bits per heavy atom. The van der Waals surface area contributed by atoms with Gasteiger partial charge >= 0.3 is 0 Å². The van der Waals surface area contributed by atoms with E-state index in [1.54, 1.807) is 42.5 Å². The van der Waals surface area contributed by atoms with Gasteiger partial charge in [0.05, 0.1) is 17.2 Å². The van der Waals surface area contributed by atoms with E-state index in [9.17, 15) is 18.0 Å². The number of halogens is 1. The molecule has 0 aliphatic heterocycles. The molecular formula is C24H23ClN2O6S. The van der Waals surface area contributed by atoms with Crippen LogP contribution in [0.2, 0.25) is 5.02 Å². The Morgan fingerprint density at radius 1 is 0.971 bits per heavy atom. The number of sulfonamides is 1. The predicted molar refractivity (Wildman–Crippen MR) is 129 cm³/mol. The van der Waals surface area contributed by atoms with Crippen molar-refractivity contribution in [1.82, 2.24) is 4.72 Å². The summed E-state index contributed by atoms with van der Waals surface area (Å²) in [5.41, 5.74) is 1.02. The largest absolute Gasteiger partial charge is 0.484 e. The molecule has 0 spiro atoms. The number of hydrogen-bond acceptors (Lipinski definition) is 6. The number of carbonyl (C=O) groups excluding carboxylic acids is 2. The van der Waals surface area contributed by atoms with Crippen LogP contribution in [0.1, 0.15) is 15.9 Å². The summed E-state index contributed by atoms with van der Waals surface area (Å²) in [5.74, 6) is -0.472. The van der Waals surface area contributed by atoms with Gasteiger partial charge in [0.1, 0.15) is 5.75 Å². The van der Waals surface area contributed by atoms with Crippen LogP contribution in [0, 0.1) is 0 Å². The molecule has 0 radical (unpaired) electrons. The van der Waals surface area contributed by atoms with Crippen LogP contribution >= 0.6 is 11.6 Å². The molecule has 3 aromatic carbocycles. The molecule has 0 aliphatic rings. The highest BCUT2D eigenvalue weighted by atomic mass is 35.5. The number of anilines is 1. The Balaban J connectivity index is 1.63. The normalized spacial score (nSPS) is 11.1. The van der Waals surface area contributed by atoms with Crippen molar-refractivity contribution >= 4 is 39.0 Å². The van der Waals surface area contributed by atoms with Crippen molar-refractivity contribution < 1.29 is 27.5 Å². The molecule has 0 fully saturated rings. The third-order valence-electron chi connectivity index (χ3n) is 4.64. The molecule has 0 saturated heterocycles. The zero-order valence-corrected chi connectivity index (χ0v) is 19.9. The van der Waals surface area contributed by atoms with Crippen LogP contribution in [0.5, 0.6) is 5.75 Å². The first-order chi connectivity index (χ1) is 16.3. The number of ether oxygens (including phenoxy) is 2. The molecule has 2 N–H and O–H groups in total. The molecule has 178 valence electrons. The third kappa shape index (κ3) is 6.88. The molecule has 10 heteroatoms. The van der Waals surface area contributed by atoms with Crippen LogP contribution in [0.15, 0.2) is 77.7 Å². The molecule has 3 rings (SSSR count). The van der Waals surface area contributed by atoms with Gasteiger partial charge in [0.15, 0.2) is 12.4 Å². The van der Waals surface area contributed by atoms with Crippen molar-refractivity contribution in [3.8, 4) is 5.75 Å². The molecule has 0 heterocycles. The summed E-state index contributed by atoms with van der Waals surface area (Å²) in [7, 11) is -2.19. The molecule has 0 unspecified atom stereocenters. The standard InChI is InChI=1S/C24H23ClN2O6S/c1-32-14-13-26-34(30,31)20-10-8-19(9-11-20)33-16-23(28)27-22-12-7-18(25)15-21(22)24(29)17-5-3-2-4-6-17/h2-12,15,26H,13-14,16H2,1H3,(H,27,28). The fraction of sp³-hybridized carbons (Fsp3) is 0.167. The lowest BCUT2D eigenvalue weighted by atomic mass is 10.0. The van der Waals surface area contributed by atoms with Crippen molar-refractivity contribution in [2.45, 2.75) is 4.90 Å². The highest BCUT2D eigenvalue weighted by Crippen LogP contribution is 2.24. The zero-order chi connectivity index (χ0) is 24.6. The fourth-order valence-corrected chi connectivity index (χ4v) is 4.16. The van der Waals surface area contributed by atoms with Gasteiger partial charge in [-0.1, -0.05) is 41.9 Å². The molecule has 34 heavy (non-hydrogen) atoms. The van der Waals surface area contributed by atoms with Crippen LogP contribution < -0.4 is 14.8 Å². The molecule has 0 saturated carbocycles. The van der Waals surface area contributed by atoms with E-state index in [0.717, 1.165) is 0 Å². The quantitative estimate of drug-likeness (QED) is 0.306. The first kappa shape index (κ1) is 25.4. The summed E-state index contributed by atoms with van der Waals surface area (Å²) in [6.45, 7) is 0.0539. The molecule has 0 aromatic heterocycles. The van der Waals surface area contributed by atoms with Crippen LogP contribution in [-0.2, 0) is 19.6 Å². The first-order valence-corrected chi connectivity index (χ1v) is 12.1. The van der Waals surface area contributed by atoms with Gasteiger partial charge in [-0.2, -0.15) is 0 Å². The second-order valence-electron chi connectivity index (χ2n) is 7.08. The van der Waals surface area contributed by atoms with Crippen molar-refractivity contribution in [3.05, 3.63) is 88.9 Å². The second kappa shape index (κ2) is 11.8. The van der Waals surface area contributed by atoms with Gasteiger partial charge in [-0.05, 0) is 42.5 Å². The van der Waals surface area contributed by atoms with Crippen molar-refractivity contribution in [2.24, 2.45) is 0 Å². The second-order valence-corrected chi connectivity index (χ2v) is 9.29. The highest BCUT2D eigenvalue weighted by molar-refractivity contribution is 7.89. The average Bonchev–Trinajstić information content (AvgIpc) is 2.84. The lowest BCUT2D eigenvalue weighted by Gasteiger charge is -2.12. The van der Waals surface area contributed by atoms with Gasteiger partial charge in [-0.15, -0.1) is 0 Å². The minimum Gasteiger partial charge on any atom is -0.484 e. The van der Waals surface area contributed by atoms with E-state index in [-0.39, 0.29) is 36.0 Å². The lowest BCUT2D eigenvalue weighted by molar-refractivity contribution is -0.118. The van der Waals surface area contributed by atoms with E-state index >= 15 is 0 Å². The number of carbonyl (C=O) groups is 2. The first-order valence-electron chi connectivity index (χ1n) is 10.2. The van der Waals surface area contributed by atoms with Crippen LogP contribution in [-0.4, -0.2) is 47.0 Å². The number of rotatable bonds is 11. The molecule has 8 nitrogen and oxygen atoms in total. The molecule has 0 bridgehead atoms. The number of hydrogen-bond donors (Lipinski definition) is 2.